The Morgan fingerprint density at radius 2 is 2.30 bits per heavy atom. The zero-order chi connectivity index (χ0) is 13.7. The van der Waals surface area contributed by atoms with Gasteiger partial charge in [0.1, 0.15) is 0 Å². The summed E-state index contributed by atoms with van der Waals surface area (Å²) in [6.07, 6.45) is 3.47. The molecule has 104 valence electrons. The van der Waals surface area contributed by atoms with Crippen molar-refractivity contribution in [2.45, 2.75) is 37.4 Å². The first-order chi connectivity index (χ1) is 9.70. The summed E-state index contributed by atoms with van der Waals surface area (Å²) >= 11 is 7.74. The molecule has 0 saturated carbocycles. The van der Waals surface area contributed by atoms with Crippen LogP contribution >= 0.6 is 22.9 Å². The Labute approximate surface area is 126 Å². The van der Waals surface area contributed by atoms with Gasteiger partial charge in [-0.25, -0.2) is 0 Å². The molecule has 4 rings (SSSR count). The zero-order valence-electron chi connectivity index (χ0n) is 10.9. The van der Waals surface area contributed by atoms with Crippen LogP contribution in [-0.2, 0) is 0 Å². The number of hydrogen-bond acceptors (Lipinski definition) is 3. The molecular formula is C15H15ClN2OS. The lowest BCUT2D eigenvalue weighted by Gasteiger charge is -2.21. The van der Waals surface area contributed by atoms with Crippen molar-refractivity contribution in [3.8, 4) is 0 Å². The molecular weight excluding hydrogens is 292 g/mol. The SMILES string of the molecule is O=C(N[C@@H]1C[C@H]2CC[C@@H]1N2)c1ccc2scc(Cl)c2c1. The van der Waals surface area contributed by atoms with Gasteiger partial charge in [-0.3, -0.25) is 4.79 Å². The van der Waals surface area contributed by atoms with Crippen LogP contribution in [0.4, 0.5) is 0 Å². The van der Waals surface area contributed by atoms with Gasteiger partial charge in [0.15, 0.2) is 0 Å². The number of amides is 1. The van der Waals surface area contributed by atoms with Crippen molar-refractivity contribution < 1.29 is 4.79 Å². The van der Waals surface area contributed by atoms with Gasteiger partial charge in [-0.05, 0) is 37.5 Å². The highest BCUT2D eigenvalue weighted by atomic mass is 35.5. The minimum absolute atomic E-state index is 0.00789. The van der Waals surface area contributed by atoms with Crippen molar-refractivity contribution in [2.75, 3.05) is 0 Å². The fraction of sp³-hybridized carbons (Fsp3) is 0.400. The quantitative estimate of drug-likeness (QED) is 0.895. The predicted octanol–water partition coefficient (Wildman–Crippen LogP) is 3.18. The van der Waals surface area contributed by atoms with Crippen LogP contribution in [-0.4, -0.2) is 24.0 Å². The van der Waals surface area contributed by atoms with Crippen molar-refractivity contribution in [3.63, 3.8) is 0 Å². The van der Waals surface area contributed by atoms with Crippen molar-refractivity contribution in [2.24, 2.45) is 0 Å². The lowest BCUT2D eigenvalue weighted by atomic mass is 9.95. The molecule has 0 spiro atoms. The van der Waals surface area contributed by atoms with Crippen LogP contribution in [0.15, 0.2) is 23.6 Å². The number of thiophene rings is 1. The van der Waals surface area contributed by atoms with E-state index in [2.05, 4.69) is 10.6 Å². The summed E-state index contributed by atoms with van der Waals surface area (Å²) < 4.78 is 1.12. The first-order valence-corrected chi connectivity index (χ1v) is 8.20. The third-order valence-electron chi connectivity index (χ3n) is 4.40. The van der Waals surface area contributed by atoms with Crippen molar-refractivity contribution in [1.29, 1.82) is 0 Å². The molecule has 2 aromatic rings. The van der Waals surface area contributed by atoms with E-state index in [1.165, 1.54) is 12.8 Å². The molecule has 2 saturated heterocycles. The Kier molecular flexibility index (Phi) is 2.98. The Bertz CT molecular complexity index is 684. The van der Waals surface area contributed by atoms with Gasteiger partial charge < -0.3 is 10.6 Å². The van der Waals surface area contributed by atoms with Gasteiger partial charge >= 0.3 is 0 Å². The third kappa shape index (κ3) is 2.03. The molecule has 2 N–H and O–H groups in total. The van der Waals surface area contributed by atoms with E-state index in [-0.39, 0.29) is 11.9 Å². The first kappa shape index (κ1) is 12.6. The Balaban J connectivity index is 1.56. The molecule has 5 heteroatoms. The van der Waals surface area contributed by atoms with Crippen LogP contribution in [0, 0.1) is 0 Å². The highest BCUT2D eigenvalue weighted by molar-refractivity contribution is 7.17. The normalized spacial score (nSPS) is 28.1. The molecule has 2 aliphatic heterocycles. The average molecular weight is 307 g/mol. The van der Waals surface area contributed by atoms with E-state index in [0.29, 0.717) is 17.6 Å². The largest absolute Gasteiger partial charge is 0.348 e. The van der Waals surface area contributed by atoms with Crippen molar-refractivity contribution in [1.82, 2.24) is 10.6 Å². The highest BCUT2D eigenvalue weighted by Crippen LogP contribution is 2.31. The maximum atomic E-state index is 12.4. The number of benzene rings is 1. The number of halogens is 1. The summed E-state index contributed by atoms with van der Waals surface area (Å²) in [6, 6.07) is 7.07. The lowest BCUT2D eigenvalue weighted by Crippen LogP contribution is -2.42. The number of rotatable bonds is 2. The molecule has 3 heterocycles. The summed E-state index contributed by atoms with van der Waals surface area (Å²) in [7, 11) is 0. The minimum Gasteiger partial charge on any atom is -0.348 e. The minimum atomic E-state index is 0.00789. The van der Waals surface area contributed by atoms with E-state index in [4.69, 9.17) is 11.6 Å². The van der Waals surface area contributed by atoms with Crippen LogP contribution in [0.25, 0.3) is 10.1 Å². The lowest BCUT2D eigenvalue weighted by molar-refractivity contribution is 0.0931. The standard InChI is InChI=1S/C15H15ClN2OS/c16-11-7-20-14-4-1-8(5-10(11)14)15(19)18-13-6-9-2-3-12(13)17-9/h1,4-5,7,9,12-13,17H,2-3,6H2,(H,18,19)/t9-,12+,13-/m1/s1. The fourth-order valence-electron chi connectivity index (χ4n) is 3.37. The molecule has 0 unspecified atom stereocenters. The van der Waals surface area contributed by atoms with Gasteiger partial charge in [-0.15, -0.1) is 11.3 Å². The van der Waals surface area contributed by atoms with Gasteiger partial charge in [-0.2, -0.15) is 0 Å². The molecule has 2 bridgehead atoms. The number of carbonyl (C=O) groups excluding carboxylic acids is 1. The molecule has 20 heavy (non-hydrogen) atoms. The summed E-state index contributed by atoms with van der Waals surface area (Å²) in [6.45, 7) is 0. The topological polar surface area (TPSA) is 41.1 Å². The van der Waals surface area contributed by atoms with Crippen LogP contribution in [0.2, 0.25) is 5.02 Å². The van der Waals surface area contributed by atoms with Crippen LogP contribution in [0.1, 0.15) is 29.6 Å². The second kappa shape index (κ2) is 4.72. The number of carbonyl (C=O) groups is 1. The molecule has 3 atom stereocenters. The van der Waals surface area contributed by atoms with E-state index < -0.39 is 0 Å². The van der Waals surface area contributed by atoms with Gasteiger partial charge in [0, 0.05) is 39.2 Å². The molecule has 2 fully saturated rings. The second-order valence-corrected chi connectivity index (χ2v) is 6.98. The van der Waals surface area contributed by atoms with Crippen LogP contribution < -0.4 is 10.6 Å². The maximum absolute atomic E-state index is 12.4. The van der Waals surface area contributed by atoms with Crippen molar-refractivity contribution in [3.05, 3.63) is 34.2 Å². The molecule has 3 nitrogen and oxygen atoms in total. The van der Waals surface area contributed by atoms with Gasteiger partial charge in [0.2, 0.25) is 0 Å². The highest BCUT2D eigenvalue weighted by Gasteiger charge is 2.39. The van der Waals surface area contributed by atoms with E-state index in [1.54, 1.807) is 11.3 Å². The summed E-state index contributed by atoms with van der Waals surface area (Å²) in [4.78, 5) is 12.4. The maximum Gasteiger partial charge on any atom is 0.251 e. The molecule has 0 radical (unpaired) electrons. The number of nitrogens with one attached hydrogen (secondary N) is 2. The molecule has 1 amide bonds. The van der Waals surface area contributed by atoms with Crippen LogP contribution in [0.5, 0.6) is 0 Å². The summed E-state index contributed by atoms with van der Waals surface area (Å²) in [5.41, 5.74) is 0.695. The second-order valence-electron chi connectivity index (χ2n) is 5.66. The number of fused-ring (bicyclic) bond motifs is 3. The van der Waals surface area contributed by atoms with Crippen molar-refractivity contribution >= 4 is 38.9 Å². The Morgan fingerprint density at radius 3 is 3.05 bits per heavy atom. The van der Waals surface area contributed by atoms with E-state index >= 15 is 0 Å². The van der Waals surface area contributed by atoms with E-state index in [1.807, 2.05) is 23.6 Å². The zero-order valence-corrected chi connectivity index (χ0v) is 12.4. The third-order valence-corrected chi connectivity index (χ3v) is 5.81. The average Bonchev–Trinajstić information content (AvgIpc) is 3.15. The van der Waals surface area contributed by atoms with E-state index in [0.717, 1.165) is 21.5 Å². The predicted molar refractivity (Wildman–Crippen MR) is 82.7 cm³/mol. The molecule has 1 aromatic carbocycles. The smallest absolute Gasteiger partial charge is 0.251 e. The first-order valence-electron chi connectivity index (χ1n) is 6.94. The van der Waals surface area contributed by atoms with Gasteiger partial charge in [-0.1, -0.05) is 11.6 Å². The monoisotopic (exact) mass is 306 g/mol. The Morgan fingerprint density at radius 1 is 1.40 bits per heavy atom. The summed E-state index contributed by atoms with van der Waals surface area (Å²) in [5.74, 6) is 0.00789. The fourth-order valence-corrected chi connectivity index (χ4v) is 4.52. The molecule has 0 aliphatic carbocycles. The summed E-state index contributed by atoms with van der Waals surface area (Å²) in [5, 5.41) is 10.3. The van der Waals surface area contributed by atoms with E-state index in [9.17, 15) is 4.79 Å². The van der Waals surface area contributed by atoms with Gasteiger partial charge in [0.05, 0.1) is 5.02 Å². The van der Waals surface area contributed by atoms with Gasteiger partial charge in [0.25, 0.3) is 5.91 Å². The number of hydrogen-bond donors (Lipinski definition) is 2. The molecule has 2 aliphatic rings. The van der Waals surface area contributed by atoms with Crippen LogP contribution in [0.3, 0.4) is 0 Å². The Hall–Kier alpha value is -1.10. The molecule has 1 aromatic heterocycles.